The lowest BCUT2D eigenvalue weighted by molar-refractivity contribution is 0.755. The molecular weight excluding hydrogens is 122 g/mol. The van der Waals surface area contributed by atoms with Gasteiger partial charge in [0, 0.05) is 5.71 Å². The standard InChI is InChI=1S/C9H17N/c1-4-6-8(3)7-9(10)5-2/h4,6,8,10H,5,7H2,1-3H3/b6-4-,10-9?/t8-/m1/s1. The lowest BCUT2D eigenvalue weighted by Gasteiger charge is -2.04. The Balaban J connectivity index is 3.57. The minimum Gasteiger partial charge on any atom is -0.310 e. The van der Waals surface area contributed by atoms with Gasteiger partial charge in [-0.3, -0.25) is 0 Å². The van der Waals surface area contributed by atoms with Crippen molar-refractivity contribution in [1.82, 2.24) is 0 Å². The van der Waals surface area contributed by atoms with Crippen LogP contribution in [0.4, 0.5) is 0 Å². The van der Waals surface area contributed by atoms with Crippen LogP contribution in [0, 0.1) is 11.3 Å². The maximum Gasteiger partial charge on any atom is 0.00921 e. The molecule has 0 saturated heterocycles. The molecule has 1 heteroatoms. The van der Waals surface area contributed by atoms with Gasteiger partial charge < -0.3 is 5.41 Å². The Morgan fingerprint density at radius 3 is 2.60 bits per heavy atom. The number of rotatable bonds is 4. The Labute approximate surface area is 63.7 Å². The predicted octanol–water partition coefficient (Wildman–Crippen LogP) is 3.02. The van der Waals surface area contributed by atoms with E-state index in [9.17, 15) is 0 Å². The van der Waals surface area contributed by atoms with Gasteiger partial charge in [0.15, 0.2) is 0 Å². The van der Waals surface area contributed by atoms with Crippen LogP contribution < -0.4 is 0 Å². The first-order chi connectivity index (χ1) is 4.70. The fourth-order valence-electron chi connectivity index (χ4n) is 0.930. The summed E-state index contributed by atoms with van der Waals surface area (Å²) in [5, 5.41) is 7.41. The summed E-state index contributed by atoms with van der Waals surface area (Å²) in [5.41, 5.74) is 0.852. The second-order valence-corrected chi connectivity index (χ2v) is 2.66. The molecule has 0 amide bonds. The van der Waals surface area contributed by atoms with Gasteiger partial charge in [0.1, 0.15) is 0 Å². The van der Waals surface area contributed by atoms with E-state index in [-0.39, 0.29) is 0 Å². The van der Waals surface area contributed by atoms with Gasteiger partial charge in [0.05, 0.1) is 0 Å². The zero-order valence-corrected chi connectivity index (χ0v) is 7.15. The Bertz CT molecular complexity index is 125. The molecule has 0 spiro atoms. The van der Waals surface area contributed by atoms with Crippen LogP contribution in [0.5, 0.6) is 0 Å². The third-order valence-corrected chi connectivity index (χ3v) is 1.52. The zero-order chi connectivity index (χ0) is 7.98. The van der Waals surface area contributed by atoms with E-state index in [1.807, 2.05) is 19.9 Å². The number of hydrogen-bond donors (Lipinski definition) is 1. The van der Waals surface area contributed by atoms with Crippen LogP contribution in [0.2, 0.25) is 0 Å². The molecular formula is C9H17N. The number of nitrogens with one attached hydrogen (secondary N) is 1. The van der Waals surface area contributed by atoms with Crippen molar-refractivity contribution in [2.45, 2.75) is 33.6 Å². The molecule has 0 aromatic heterocycles. The van der Waals surface area contributed by atoms with Crippen molar-refractivity contribution in [2.24, 2.45) is 5.92 Å². The highest BCUT2D eigenvalue weighted by atomic mass is 14.4. The van der Waals surface area contributed by atoms with Crippen LogP contribution in [0.3, 0.4) is 0 Å². The highest BCUT2D eigenvalue weighted by Gasteiger charge is 1.98. The first kappa shape index (κ1) is 9.41. The van der Waals surface area contributed by atoms with Gasteiger partial charge >= 0.3 is 0 Å². The second kappa shape index (κ2) is 5.21. The van der Waals surface area contributed by atoms with Crippen LogP contribution in [-0.4, -0.2) is 5.71 Å². The van der Waals surface area contributed by atoms with Crippen molar-refractivity contribution in [1.29, 1.82) is 5.41 Å². The number of allylic oxidation sites excluding steroid dienone is 2. The third-order valence-electron chi connectivity index (χ3n) is 1.52. The second-order valence-electron chi connectivity index (χ2n) is 2.66. The Hall–Kier alpha value is -0.590. The molecule has 0 aromatic rings. The summed E-state index contributed by atoms with van der Waals surface area (Å²) in [6.07, 6.45) is 6.00. The highest BCUT2D eigenvalue weighted by Crippen LogP contribution is 2.05. The summed E-state index contributed by atoms with van der Waals surface area (Å²) < 4.78 is 0. The van der Waals surface area contributed by atoms with Crippen LogP contribution in [0.25, 0.3) is 0 Å². The molecule has 0 heterocycles. The average molecular weight is 139 g/mol. The summed E-state index contributed by atoms with van der Waals surface area (Å²) in [4.78, 5) is 0. The third kappa shape index (κ3) is 4.30. The molecule has 58 valence electrons. The first-order valence-electron chi connectivity index (χ1n) is 3.89. The largest absolute Gasteiger partial charge is 0.310 e. The van der Waals surface area contributed by atoms with Crippen LogP contribution in [-0.2, 0) is 0 Å². The van der Waals surface area contributed by atoms with E-state index in [0.29, 0.717) is 5.92 Å². The normalized spacial score (nSPS) is 13.9. The van der Waals surface area contributed by atoms with E-state index in [1.165, 1.54) is 0 Å². The lowest BCUT2D eigenvalue weighted by atomic mass is 10.0. The fourth-order valence-corrected chi connectivity index (χ4v) is 0.930. The van der Waals surface area contributed by atoms with Crippen molar-refractivity contribution in [2.75, 3.05) is 0 Å². The minimum absolute atomic E-state index is 0.539. The van der Waals surface area contributed by atoms with Crippen LogP contribution in [0.15, 0.2) is 12.2 Å². The molecule has 1 N–H and O–H groups in total. The van der Waals surface area contributed by atoms with Crippen molar-refractivity contribution in [3.63, 3.8) is 0 Å². The van der Waals surface area contributed by atoms with Gasteiger partial charge in [-0.2, -0.15) is 0 Å². The summed E-state index contributed by atoms with van der Waals surface area (Å²) in [6, 6.07) is 0. The van der Waals surface area contributed by atoms with Crippen molar-refractivity contribution < 1.29 is 0 Å². The predicted molar refractivity (Wildman–Crippen MR) is 46.6 cm³/mol. The Kier molecular flexibility index (Phi) is 4.91. The molecule has 0 saturated carbocycles. The molecule has 0 fully saturated rings. The van der Waals surface area contributed by atoms with E-state index in [0.717, 1.165) is 18.6 Å². The molecule has 0 rings (SSSR count). The maximum absolute atomic E-state index is 7.41. The zero-order valence-electron chi connectivity index (χ0n) is 7.15. The van der Waals surface area contributed by atoms with Crippen molar-refractivity contribution in [3.8, 4) is 0 Å². The molecule has 0 aromatic carbocycles. The van der Waals surface area contributed by atoms with Gasteiger partial charge in [-0.1, -0.05) is 26.0 Å². The van der Waals surface area contributed by atoms with Crippen LogP contribution >= 0.6 is 0 Å². The molecule has 0 radical (unpaired) electrons. The van der Waals surface area contributed by atoms with Gasteiger partial charge in [-0.25, -0.2) is 0 Å². The number of hydrogen-bond acceptors (Lipinski definition) is 1. The first-order valence-corrected chi connectivity index (χ1v) is 3.89. The van der Waals surface area contributed by atoms with Gasteiger partial charge in [-0.15, -0.1) is 0 Å². The van der Waals surface area contributed by atoms with Crippen molar-refractivity contribution >= 4 is 5.71 Å². The molecule has 10 heavy (non-hydrogen) atoms. The molecule has 1 atom stereocenters. The highest BCUT2D eigenvalue weighted by molar-refractivity contribution is 5.81. The summed E-state index contributed by atoms with van der Waals surface area (Å²) >= 11 is 0. The molecule has 0 aliphatic heterocycles. The Morgan fingerprint density at radius 2 is 2.20 bits per heavy atom. The minimum atomic E-state index is 0.539. The van der Waals surface area contributed by atoms with Crippen LogP contribution in [0.1, 0.15) is 33.6 Å². The SMILES string of the molecule is C/C=C\[C@@H](C)CC(=N)CC. The average Bonchev–Trinajstić information content (AvgIpc) is 1.88. The van der Waals surface area contributed by atoms with Gasteiger partial charge in [-0.05, 0) is 25.7 Å². The van der Waals surface area contributed by atoms with E-state index in [2.05, 4.69) is 13.0 Å². The Morgan fingerprint density at radius 1 is 1.60 bits per heavy atom. The van der Waals surface area contributed by atoms with E-state index < -0.39 is 0 Å². The van der Waals surface area contributed by atoms with E-state index in [1.54, 1.807) is 0 Å². The van der Waals surface area contributed by atoms with E-state index >= 15 is 0 Å². The molecule has 0 aliphatic carbocycles. The van der Waals surface area contributed by atoms with Crippen molar-refractivity contribution in [3.05, 3.63) is 12.2 Å². The summed E-state index contributed by atoms with van der Waals surface area (Å²) in [6.45, 7) is 6.20. The smallest absolute Gasteiger partial charge is 0.00921 e. The molecule has 0 bridgehead atoms. The topological polar surface area (TPSA) is 23.9 Å². The van der Waals surface area contributed by atoms with E-state index in [4.69, 9.17) is 5.41 Å². The summed E-state index contributed by atoms with van der Waals surface area (Å²) in [5.74, 6) is 0.539. The molecule has 0 unspecified atom stereocenters. The molecule has 0 aliphatic rings. The summed E-state index contributed by atoms with van der Waals surface area (Å²) in [7, 11) is 0. The quantitative estimate of drug-likeness (QED) is 0.457. The lowest BCUT2D eigenvalue weighted by Crippen LogP contribution is -2.00. The monoisotopic (exact) mass is 139 g/mol. The van der Waals surface area contributed by atoms with Gasteiger partial charge in [0.2, 0.25) is 0 Å². The van der Waals surface area contributed by atoms with Gasteiger partial charge in [0.25, 0.3) is 0 Å². The maximum atomic E-state index is 7.41. The molecule has 1 nitrogen and oxygen atoms in total. The fraction of sp³-hybridized carbons (Fsp3) is 0.667.